The molecule has 6 nitrogen and oxygen atoms in total. The van der Waals surface area contributed by atoms with Gasteiger partial charge >= 0.3 is 0 Å². The maximum absolute atomic E-state index is 12.6. The fourth-order valence-electron chi connectivity index (χ4n) is 2.04. The van der Waals surface area contributed by atoms with E-state index in [9.17, 15) is 9.90 Å². The van der Waals surface area contributed by atoms with Crippen LogP contribution in [0.15, 0.2) is 23.4 Å². The number of oxime groups is 1. The van der Waals surface area contributed by atoms with Gasteiger partial charge in [0.25, 0.3) is 5.91 Å². The van der Waals surface area contributed by atoms with Crippen molar-refractivity contribution in [2.45, 2.75) is 27.2 Å². The van der Waals surface area contributed by atoms with Gasteiger partial charge in [-0.1, -0.05) is 25.1 Å². The Morgan fingerprint density at radius 2 is 2.10 bits per heavy atom. The average molecular weight is 293 g/mol. The molecule has 0 fully saturated rings. The van der Waals surface area contributed by atoms with E-state index in [-0.39, 0.29) is 17.5 Å². The van der Waals surface area contributed by atoms with E-state index < -0.39 is 0 Å². The van der Waals surface area contributed by atoms with Crippen molar-refractivity contribution >= 4 is 11.7 Å². The third kappa shape index (κ3) is 4.66. The Kier molecular flexibility index (Phi) is 6.02. The molecule has 0 radical (unpaired) electrons. The van der Waals surface area contributed by atoms with Gasteiger partial charge in [0.15, 0.2) is 0 Å². The molecular formula is C15H23N3O3. The molecule has 0 bridgehead atoms. The van der Waals surface area contributed by atoms with Gasteiger partial charge in [-0.25, -0.2) is 0 Å². The largest absolute Gasteiger partial charge is 0.508 e. The van der Waals surface area contributed by atoms with E-state index in [1.54, 1.807) is 30.0 Å². The zero-order valence-electron chi connectivity index (χ0n) is 12.7. The van der Waals surface area contributed by atoms with Crippen LogP contribution in [-0.2, 0) is 0 Å². The highest BCUT2D eigenvalue weighted by molar-refractivity contribution is 5.96. The molecule has 0 atom stereocenters. The quantitative estimate of drug-likeness (QED) is 0.323. The summed E-state index contributed by atoms with van der Waals surface area (Å²) in [5, 5.41) is 21.2. The summed E-state index contributed by atoms with van der Waals surface area (Å²) in [6.07, 6.45) is 0.298. The molecule has 0 unspecified atom stereocenters. The number of hydrogen-bond donors (Lipinski definition) is 3. The summed E-state index contributed by atoms with van der Waals surface area (Å²) in [6.45, 7) is 6.66. The van der Waals surface area contributed by atoms with Gasteiger partial charge in [-0.2, -0.15) is 0 Å². The predicted octanol–water partition coefficient (Wildman–Crippen LogP) is 1.94. The first-order valence-corrected chi connectivity index (χ1v) is 6.91. The molecule has 0 aliphatic heterocycles. The van der Waals surface area contributed by atoms with E-state index in [0.717, 1.165) is 0 Å². The number of phenols is 1. The van der Waals surface area contributed by atoms with E-state index >= 15 is 0 Å². The summed E-state index contributed by atoms with van der Waals surface area (Å²) in [7, 11) is 0. The normalized spacial score (nSPS) is 11.7. The maximum Gasteiger partial charge on any atom is 0.254 e. The number of nitrogens with two attached hydrogens (primary N) is 1. The number of benzene rings is 1. The Hall–Kier alpha value is -2.24. The molecule has 0 aliphatic carbocycles. The van der Waals surface area contributed by atoms with Crippen LogP contribution in [0, 0.1) is 12.8 Å². The molecule has 21 heavy (non-hydrogen) atoms. The van der Waals surface area contributed by atoms with Gasteiger partial charge in [0.1, 0.15) is 11.6 Å². The maximum atomic E-state index is 12.6. The Balaban J connectivity index is 2.96. The van der Waals surface area contributed by atoms with Crippen LogP contribution in [0.4, 0.5) is 0 Å². The van der Waals surface area contributed by atoms with Gasteiger partial charge in [0, 0.05) is 30.6 Å². The van der Waals surface area contributed by atoms with E-state index in [0.29, 0.717) is 36.6 Å². The Morgan fingerprint density at radius 1 is 1.43 bits per heavy atom. The SMILES string of the molecule is Cc1c(O)cccc1C(=O)N(CC/C(N)=N/O)CC(C)C. The van der Waals surface area contributed by atoms with Crippen LogP contribution in [0.2, 0.25) is 0 Å². The van der Waals surface area contributed by atoms with E-state index in [4.69, 9.17) is 10.9 Å². The van der Waals surface area contributed by atoms with Crippen molar-refractivity contribution in [3.8, 4) is 5.75 Å². The van der Waals surface area contributed by atoms with Gasteiger partial charge in [-0.15, -0.1) is 0 Å². The van der Waals surface area contributed by atoms with Crippen molar-refractivity contribution in [2.24, 2.45) is 16.8 Å². The zero-order chi connectivity index (χ0) is 16.0. The minimum Gasteiger partial charge on any atom is -0.508 e. The summed E-state index contributed by atoms with van der Waals surface area (Å²) in [6, 6.07) is 4.89. The Morgan fingerprint density at radius 3 is 2.67 bits per heavy atom. The monoisotopic (exact) mass is 293 g/mol. The van der Waals surface area contributed by atoms with Gasteiger partial charge in [-0.05, 0) is 25.0 Å². The Labute approximate surface area is 124 Å². The molecule has 1 rings (SSSR count). The summed E-state index contributed by atoms with van der Waals surface area (Å²) in [4.78, 5) is 14.3. The van der Waals surface area contributed by atoms with E-state index in [2.05, 4.69) is 5.16 Å². The second-order valence-electron chi connectivity index (χ2n) is 5.44. The highest BCUT2D eigenvalue weighted by Gasteiger charge is 2.20. The summed E-state index contributed by atoms with van der Waals surface area (Å²) in [5.41, 5.74) is 6.49. The van der Waals surface area contributed by atoms with Crippen LogP contribution < -0.4 is 5.73 Å². The number of carbonyl (C=O) groups is 1. The first-order chi connectivity index (χ1) is 9.86. The lowest BCUT2D eigenvalue weighted by molar-refractivity contribution is 0.0739. The molecule has 1 aromatic rings. The third-order valence-electron chi connectivity index (χ3n) is 3.17. The summed E-state index contributed by atoms with van der Waals surface area (Å²) in [5.74, 6) is 0.313. The number of amides is 1. The zero-order valence-corrected chi connectivity index (χ0v) is 12.7. The van der Waals surface area contributed by atoms with Gasteiger partial charge in [0.05, 0.1) is 0 Å². The molecule has 0 aliphatic rings. The van der Waals surface area contributed by atoms with Crippen molar-refractivity contribution in [1.29, 1.82) is 0 Å². The molecule has 1 amide bonds. The number of rotatable bonds is 6. The lowest BCUT2D eigenvalue weighted by Gasteiger charge is -2.25. The molecule has 0 heterocycles. The van der Waals surface area contributed by atoms with E-state index in [1.807, 2.05) is 13.8 Å². The number of hydrogen-bond acceptors (Lipinski definition) is 4. The van der Waals surface area contributed by atoms with Gasteiger partial charge in [0.2, 0.25) is 0 Å². The molecule has 0 aromatic heterocycles. The minimum atomic E-state index is -0.164. The number of nitrogens with zero attached hydrogens (tertiary/aromatic N) is 2. The van der Waals surface area contributed by atoms with Crippen LogP contribution in [0.3, 0.4) is 0 Å². The van der Waals surface area contributed by atoms with Gasteiger partial charge < -0.3 is 20.9 Å². The third-order valence-corrected chi connectivity index (χ3v) is 3.17. The Bertz CT molecular complexity index is 527. The van der Waals surface area contributed by atoms with Crippen LogP contribution in [0.1, 0.15) is 36.2 Å². The molecule has 0 saturated heterocycles. The number of phenolic OH excluding ortho intramolecular Hbond substituents is 1. The fraction of sp³-hybridized carbons (Fsp3) is 0.467. The van der Waals surface area contributed by atoms with Crippen molar-refractivity contribution in [3.05, 3.63) is 29.3 Å². The predicted molar refractivity (Wildman–Crippen MR) is 81.6 cm³/mol. The van der Waals surface area contributed by atoms with Crippen LogP contribution in [0.25, 0.3) is 0 Å². The van der Waals surface area contributed by atoms with Crippen molar-refractivity contribution < 1.29 is 15.1 Å². The highest BCUT2D eigenvalue weighted by atomic mass is 16.4. The highest BCUT2D eigenvalue weighted by Crippen LogP contribution is 2.21. The van der Waals surface area contributed by atoms with Crippen LogP contribution in [0.5, 0.6) is 5.75 Å². The average Bonchev–Trinajstić information content (AvgIpc) is 2.44. The van der Waals surface area contributed by atoms with Crippen LogP contribution in [-0.4, -0.2) is 40.0 Å². The molecule has 0 spiro atoms. The lowest BCUT2D eigenvalue weighted by Crippen LogP contribution is -2.37. The van der Waals surface area contributed by atoms with Gasteiger partial charge in [-0.3, -0.25) is 4.79 Å². The number of aromatic hydroxyl groups is 1. The molecule has 116 valence electrons. The second kappa shape index (κ2) is 7.52. The van der Waals surface area contributed by atoms with Crippen LogP contribution >= 0.6 is 0 Å². The second-order valence-corrected chi connectivity index (χ2v) is 5.44. The first-order valence-electron chi connectivity index (χ1n) is 6.91. The fourth-order valence-corrected chi connectivity index (χ4v) is 2.04. The topological polar surface area (TPSA) is 99.2 Å². The van der Waals surface area contributed by atoms with E-state index in [1.165, 1.54) is 0 Å². The minimum absolute atomic E-state index is 0.0872. The molecular weight excluding hydrogens is 270 g/mol. The standard InChI is InChI=1S/C15H23N3O3/c1-10(2)9-18(8-7-14(16)17-21)15(20)12-5-4-6-13(19)11(12)3/h4-6,10,19,21H,7-9H2,1-3H3,(H2,16,17). The van der Waals surface area contributed by atoms with Crippen molar-refractivity contribution in [2.75, 3.05) is 13.1 Å². The first kappa shape index (κ1) is 16.8. The van der Waals surface area contributed by atoms with Crippen molar-refractivity contribution in [1.82, 2.24) is 4.90 Å². The number of carbonyl (C=O) groups excluding carboxylic acids is 1. The van der Waals surface area contributed by atoms with Crippen molar-refractivity contribution in [3.63, 3.8) is 0 Å². The molecule has 4 N–H and O–H groups in total. The molecule has 6 heteroatoms. The molecule has 1 aromatic carbocycles. The summed E-state index contributed by atoms with van der Waals surface area (Å²) < 4.78 is 0. The number of amidine groups is 1. The summed E-state index contributed by atoms with van der Waals surface area (Å²) >= 11 is 0. The lowest BCUT2D eigenvalue weighted by atomic mass is 10.1. The molecule has 0 saturated carbocycles. The smallest absolute Gasteiger partial charge is 0.254 e.